The molecule has 68 valence electrons. The summed E-state index contributed by atoms with van der Waals surface area (Å²) in [5, 5.41) is 0. The lowest BCUT2D eigenvalue weighted by atomic mass is 10.1. The smallest absolute Gasteiger partial charge is 0.225 e. The molecule has 0 spiro atoms. The highest BCUT2D eigenvalue weighted by molar-refractivity contribution is 6.33. The third kappa shape index (κ3) is 2.51. The number of hydrogen-bond donors (Lipinski definition) is 0. The minimum atomic E-state index is -0.456. The van der Waals surface area contributed by atoms with Crippen LogP contribution in [0.5, 0.6) is 0 Å². The standard InChI is InChI=1S/C11H12O2/c1-2-3-9-4-6-10(7-5-9)11(13)8-12/h4-8H,2-3H2,1H3. The lowest BCUT2D eigenvalue weighted by Crippen LogP contribution is -1.99. The molecular formula is C11H12O2. The highest BCUT2D eigenvalue weighted by atomic mass is 16.2. The predicted octanol–water partition coefficient (Wildman–Crippen LogP) is 2.02. The van der Waals surface area contributed by atoms with Gasteiger partial charge in [-0.3, -0.25) is 9.59 Å². The fraction of sp³-hybridized carbons (Fsp3) is 0.273. The van der Waals surface area contributed by atoms with E-state index >= 15 is 0 Å². The first-order valence-corrected chi connectivity index (χ1v) is 4.36. The van der Waals surface area contributed by atoms with Crippen LogP contribution in [-0.4, -0.2) is 12.1 Å². The Bertz CT molecular complexity index is 298. The van der Waals surface area contributed by atoms with E-state index < -0.39 is 5.78 Å². The van der Waals surface area contributed by atoms with E-state index in [9.17, 15) is 9.59 Å². The summed E-state index contributed by atoms with van der Waals surface area (Å²) >= 11 is 0. The summed E-state index contributed by atoms with van der Waals surface area (Å²) in [5.41, 5.74) is 1.67. The second-order valence-electron chi connectivity index (χ2n) is 2.93. The summed E-state index contributed by atoms with van der Waals surface area (Å²) in [7, 11) is 0. The highest BCUT2D eigenvalue weighted by Gasteiger charge is 2.02. The number of benzene rings is 1. The molecule has 0 amide bonds. The van der Waals surface area contributed by atoms with Crippen molar-refractivity contribution in [2.75, 3.05) is 0 Å². The maximum Gasteiger partial charge on any atom is 0.225 e. The molecule has 0 saturated carbocycles. The summed E-state index contributed by atoms with van der Waals surface area (Å²) in [4.78, 5) is 21.1. The maximum absolute atomic E-state index is 10.9. The van der Waals surface area contributed by atoms with Gasteiger partial charge in [0.2, 0.25) is 5.78 Å². The van der Waals surface area contributed by atoms with Gasteiger partial charge in [0, 0.05) is 5.56 Å². The fourth-order valence-electron chi connectivity index (χ4n) is 1.19. The molecule has 13 heavy (non-hydrogen) atoms. The minimum Gasteiger partial charge on any atom is -0.294 e. The van der Waals surface area contributed by atoms with Gasteiger partial charge in [-0.25, -0.2) is 0 Å². The first-order valence-electron chi connectivity index (χ1n) is 4.36. The Morgan fingerprint density at radius 1 is 1.31 bits per heavy atom. The summed E-state index contributed by atoms with van der Waals surface area (Å²) in [6.45, 7) is 2.10. The van der Waals surface area contributed by atoms with E-state index in [0.29, 0.717) is 11.8 Å². The average Bonchev–Trinajstić information content (AvgIpc) is 2.18. The first kappa shape index (κ1) is 9.65. The normalized spacial score (nSPS) is 9.62. The largest absolute Gasteiger partial charge is 0.294 e. The number of rotatable bonds is 4. The Kier molecular flexibility index (Phi) is 3.38. The molecule has 0 atom stereocenters. The van der Waals surface area contributed by atoms with Crippen molar-refractivity contribution in [3.8, 4) is 0 Å². The van der Waals surface area contributed by atoms with E-state index in [1.807, 2.05) is 12.1 Å². The monoisotopic (exact) mass is 176 g/mol. The number of carbonyl (C=O) groups is 2. The molecule has 0 aliphatic carbocycles. The number of aldehydes is 1. The molecule has 0 N–H and O–H groups in total. The number of hydrogen-bond acceptors (Lipinski definition) is 2. The number of Topliss-reactive ketones (excluding diaryl/α,β-unsaturated/α-hetero) is 1. The molecule has 0 bridgehead atoms. The number of ketones is 1. The molecule has 1 aromatic rings. The Morgan fingerprint density at radius 3 is 2.38 bits per heavy atom. The molecule has 2 heteroatoms. The number of aryl methyl sites for hydroxylation is 1. The van der Waals surface area contributed by atoms with Crippen molar-refractivity contribution in [2.24, 2.45) is 0 Å². The van der Waals surface area contributed by atoms with Crippen molar-refractivity contribution >= 4 is 12.1 Å². The summed E-state index contributed by atoms with van der Waals surface area (Å²) in [6.07, 6.45) is 2.44. The van der Waals surface area contributed by atoms with Crippen LogP contribution < -0.4 is 0 Å². The van der Waals surface area contributed by atoms with Gasteiger partial charge in [-0.15, -0.1) is 0 Å². The zero-order chi connectivity index (χ0) is 9.68. The highest BCUT2D eigenvalue weighted by Crippen LogP contribution is 2.06. The van der Waals surface area contributed by atoms with E-state index in [4.69, 9.17) is 0 Å². The zero-order valence-electron chi connectivity index (χ0n) is 7.62. The van der Waals surface area contributed by atoms with Gasteiger partial charge in [-0.1, -0.05) is 37.6 Å². The summed E-state index contributed by atoms with van der Waals surface area (Å²) in [5.74, 6) is -0.456. The van der Waals surface area contributed by atoms with Gasteiger partial charge in [0.1, 0.15) is 0 Å². The SMILES string of the molecule is CCCc1ccc(C(=O)C=O)cc1. The molecule has 0 fully saturated rings. The van der Waals surface area contributed by atoms with Gasteiger partial charge in [-0.2, -0.15) is 0 Å². The third-order valence-corrected chi connectivity index (χ3v) is 1.88. The van der Waals surface area contributed by atoms with E-state index in [-0.39, 0.29) is 0 Å². The van der Waals surface area contributed by atoms with Crippen LogP contribution in [0.3, 0.4) is 0 Å². The lowest BCUT2D eigenvalue weighted by molar-refractivity contribution is -0.104. The molecule has 1 aromatic carbocycles. The second-order valence-corrected chi connectivity index (χ2v) is 2.93. The van der Waals surface area contributed by atoms with Crippen LogP contribution in [-0.2, 0) is 11.2 Å². The summed E-state index contributed by atoms with van der Waals surface area (Å²) in [6, 6.07) is 7.17. The van der Waals surface area contributed by atoms with Gasteiger partial charge < -0.3 is 0 Å². The van der Waals surface area contributed by atoms with E-state index in [1.54, 1.807) is 12.1 Å². The summed E-state index contributed by atoms with van der Waals surface area (Å²) < 4.78 is 0. The van der Waals surface area contributed by atoms with Gasteiger partial charge in [0.05, 0.1) is 0 Å². The van der Waals surface area contributed by atoms with Crippen molar-refractivity contribution in [1.82, 2.24) is 0 Å². The third-order valence-electron chi connectivity index (χ3n) is 1.88. The van der Waals surface area contributed by atoms with Crippen molar-refractivity contribution in [3.63, 3.8) is 0 Å². The molecule has 0 unspecified atom stereocenters. The van der Waals surface area contributed by atoms with Gasteiger partial charge >= 0.3 is 0 Å². The first-order chi connectivity index (χ1) is 6.27. The van der Waals surface area contributed by atoms with E-state index in [0.717, 1.165) is 12.8 Å². The van der Waals surface area contributed by atoms with Crippen LogP contribution in [0.4, 0.5) is 0 Å². The van der Waals surface area contributed by atoms with Crippen molar-refractivity contribution in [2.45, 2.75) is 19.8 Å². The average molecular weight is 176 g/mol. The molecule has 1 rings (SSSR count). The van der Waals surface area contributed by atoms with Crippen LogP contribution in [0.1, 0.15) is 29.3 Å². The van der Waals surface area contributed by atoms with Gasteiger partial charge in [-0.05, 0) is 12.0 Å². The van der Waals surface area contributed by atoms with Crippen LogP contribution >= 0.6 is 0 Å². The Labute approximate surface area is 77.6 Å². The second kappa shape index (κ2) is 4.55. The van der Waals surface area contributed by atoms with Crippen molar-refractivity contribution in [1.29, 1.82) is 0 Å². The van der Waals surface area contributed by atoms with E-state index in [1.165, 1.54) is 5.56 Å². The molecule has 0 aliphatic heterocycles. The van der Waals surface area contributed by atoms with E-state index in [2.05, 4.69) is 6.92 Å². The number of carbonyl (C=O) groups excluding carboxylic acids is 2. The molecule has 0 radical (unpaired) electrons. The molecule has 0 aliphatic rings. The molecule has 0 heterocycles. The zero-order valence-corrected chi connectivity index (χ0v) is 7.62. The van der Waals surface area contributed by atoms with Gasteiger partial charge in [0.25, 0.3) is 0 Å². The van der Waals surface area contributed by atoms with Gasteiger partial charge in [0.15, 0.2) is 6.29 Å². The molecular weight excluding hydrogens is 164 g/mol. The molecule has 2 nitrogen and oxygen atoms in total. The van der Waals surface area contributed by atoms with Crippen LogP contribution in [0.15, 0.2) is 24.3 Å². The quantitative estimate of drug-likeness (QED) is 0.399. The van der Waals surface area contributed by atoms with Crippen LogP contribution in [0, 0.1) is 0 Å². The predicted molar refractivity (Wildman–Crippen MR) is 50.8 cm³/mol. The Hall–Kier alpha value is -1.44. The maximum atomic E-state index is 10.9. The molecule has 0 aromatic heterocycles. The van der Waals surface area contributed by atoms with Crippen LogP contribution in [0.25, 0.3) is 0 Å². The Balaban J connectivity index is 2.80. The van der Waals surface area contributed by atoms with Crippen molar-refractivity contribution in [3.05, 3.63) is 35.4 Å². The minimum absolute atomic E-state index is 0.342. The lowest BCUT2D eigenvalue weighted by Gasteiger charge is -1.98. The topological polar surface area (TPSA) is 34.1 Å². The molecule has 0 saturated heterocycles. The van der Waals surface area contributed by atoms with Crippen molar-refractivity contribution < 1.29 is 9.59 Å². The Morgan fingerprint density at radius 2 is 1.92 bits per heavy atom. The van der Waals surface area contributed by atoms with Crippen LogP contribution in [0.2, 0.25) is 0 Å². The fourth-order valence-corrected chi connectivity index (χ4v) is 1.19.